The zero-order chi connectivity index (χ0) is 23.8. The standard InChI is InChI=1S/C25H25N5O3S/c1-17(2)29-15-19(22-20(16-29)24(32)30(26-22)18-7-4-3-5-8-18)23(31)27-10-12-28(13-11-27)25(33)21-9-6-14-34-21/h3-9,14-17H,10-13H2,1-2H3. The Bertz CT molecular complexity index is 1350. The van der Waals surface area contributed by atoms with Crippen LogP contribution in [0.4, 0.5) is 0 Å². The molecule has 0 spiro atoms. The second kappa shape index (κ2) is 8.90. The first-order chi connectivity index (χ1) is 16.4. The second-order valence-corrected chi connectivity index (χ2v) is 9.54. The number of aromatic nitrogens is 3. The number of carbonyl (C=O) groups is 2. The Morgan fingerprint density at radius 3 is 2.21 bits per heavy atom. The van der Waals surface area contributed by atoms with Crippen molar-refractivity contribution in [3.63, 3.8) is 0 Å². The summed E-state index contributed by atoms with van der Waals surface area (Å²) in [5.41, 5.74) is 1.61. The number of thiophene rings is 1. The van der Waals surface area contributed by atoms with Crippen LogP contribution in [0.3, 0.4) is 0 Å². The SMILES string of the molecule is CC(C)n1cc(C(=O)N2CCN(C(=O)c3cccs3)CC2)c2nn(-c3ccccc3)c(=O)c-2c1. The number of nitrogens with zero attached hydrogens (tertiary/aromatic N) is 5. The van der Waals surface area contributed by atoms with Gasteiger partial charge in [-0.3, -0.25) is 14.4 Å². The van der Waals surface area contributed by atoms with Crippen LogP contribution in [-0.2, 0) is 0 Å². The highest BCUT2D eigenvalue weighted by molar-refractivity contribution is 7.12. The number of para-hydroxylation sites is 1. The molecular weight excluding hydrogens is 450 g/mol. The number of carbonyl (C=O) groups excluding carboxylic acids is 2. The molecule has 0 atom stereocenters. The van der Waals surface area contributed by atoms with Crippen molar-refractivity contribution in [2.24, 2.45) is 0 Å². The fourth-order valence-corrected chi connectivity index (χ4v) is 4.86. The third-order valence-corrected chi connectivity index (χ3v) is 6.96. The molecule has 0 bridgehead atoms. The normalized spacial score (nSPS) is 14.2. The van der Waals surface area contributed by atoms with Gasteiger partial charge in [-0.05, 0) is 37.4 Å². The smallest absolute Gasteiger partial charge is 0.282 e. The number of hydrogen-bond donors (Lipinski definition) is 0. The zero-order valence-corrected chi connectivity index (χ0v) is 19.9. The fraction of sp³-hybridized carbons (Fsp3) is 0.280. The molecule has 0 N–H and O–H groups in total. The van der Waals surface area contributed by atoms with Crippen LogP contribution in [0.1, 0.15) is 39.9 Å². The Hall–Kier alpha value is -3.72. The lowest BCUT2D eigenvalue weighted by molar-refractivity contribution is 0.0537. The summed E-state index contributed by atoms with van der Waals surface area (Å²) in [6.45, 7) is 5.79. The topological polar surface area (TPSA) is 80.4 Å². The van der Waals surface area contributed by atoms with Gasteiger partial charge in [-0.2, -0.15) is 9.78 Å². The molecule has 0 radical (unpaired) electrons. The third-order valence-electron chi connectivity index (χ3n) is 6.10. The van der Waals surface area contributed by atoms with Crippen molar-refractivity contribution >= 4 is 23.2 Å². The molecule has 3 aliphatic rings. The van der Waals surface area contributed by atoms with E-state index in [0.29, 0.717) is 53.6 Å². The van der Waals surface area contributed by atoms with Gasteiger partial charge in [0, 0.05) is 44.6 Å². The van der Waals surface area contributed by atoms with E-state index < -0.39 is 0 Å². The molecular formula is C25H25N5O3S. The quantitative estimate of drug-likeness (QED) is 0.453. The van der Waals surface area contributed by atoms with E-state index in [0.717, 1.165) is 0 Å². The largest absolute Gasteiger partial charge is 0.350 e. The zero-order valence-electron chi connectivity index (χ0n) is 19.0. The van der Waals surface area contributed by atoms with Crippen LogP contribution < -0.4 is 5.56 Å². The maximum atomic E-state index is 13.6. The fourth-order valence-electron chi connectivity index (χ4n) is 4.16. The second-order valence-electron chi connectivity index (χ2n) is 8.59. The average molecular weight is 476 g/mol. The highest BCUT2D eigenvalue weighted by atomic mass is 32.1. The van der Waals surface area contributed by atoms with Crippen LogP contribution in [0, 0.1) is 0 Å². The Morgan fingerprint density at radius 2 is 1.59 bits per heavy atom. The van der Waals surface area contributed by atoms with E-state index in [-0.39, 0.29) is 23.4 Å². The van der Waals surface area contributed by atoms with Crippen molar-refractivity contribution in [3.05, 3.63) is 81.0 Å². The molecule has 0 aliphatic carbocycles. The number of amides is 2. The molecule has 2 amide bonds. The molecule has 3 aliphatic heterocycles. The first-order valence-corrected chi connectivity index (χ1v) is 12.1. The van der Waals surface area contributed by atoms with E-state index in [1.807, 2.05) is 66.3 Å². The van der Waals surface area contributed by atoms with E-state index in [1.54, 1.807) is 22.2 Å². The molecule has 4 heterocycles. The van der Waals surface area contributed by atoms with E-state index in [9.17, 15) is 14.4 Å². The van der Waals surface area contributed by atoms with Gasteiger partial charge in [0.15, 0.2) is 0 Å². The molecule has 1 saturated heterocycles. The molecule has 1 aromatic heterocycles. The molecule has 34 heavy (non-hydrogen) atoms. The maximum absolute atomic E-state index is 13.6. The molecule has 0 saturated carbocycles. The number of hydrogen-bond acceptors (Lipinski definition) is 5. The molecule has 1 fully saturated rings. The number of piperazine rings is 1. The van der Waals surface area contributed by atoms with Gasteiger partial charge in [0.1, 0.15) is 5.69 Å². The van der Waals surface area contributed by atoms with E-state index in [1.165, 1.54) is 16.0 Å². The van der Waals surface area contributed by atoms with Crippen molar-refractivity contribution in [2.75, 3.05) is 26.2 Å². The first-order valence-electron chi connectivity index (χ1n) is 11.3. The van der Waals surface area contributed by atoms with E-state index in [2.05, 4.69) is 5.10 Å². The molecule has 5 rings (SSSR count). The van der Waals surface area contributed by atoms with Crippen LogP contribution in [0.2, 0.25) is 0 Å². The van der Waals surface area contributed by atoms with Gasteiger partial charge >= 0.3 is 0 Å². The molecule has 8 nitrogen and oxygen atoms in total. The van der Waals surface area contributed by atoms with Crippen molar-refractivity contribution in [1.29, 1.82) is 0 Å². The number of benzene rings is 1. The Labute approximate surface area is 201 Å². The minimum absolute atomic E-state index is 0.000508. The van der Waals surface area contributed by atoms with Gasteiger partial charge in [-0.1, -0.05) is 24.3 Å². The summed E-state index contributed by atoms with van der Waals surface area (Å²) in [6.07, 6.45) is 3.55. The van der Waals surface area contributed by atoms with Crippen LogP contribution in [0.15, 0.2) is 65.0 Å². The summed E-state index contributed by atoms with van der Waals surface area (Å²) >= 11 is 1.42. The summed E-state index contributed by atoms with van der Waals surface area (Å²) in [7, 11) is 0. The minimum Gasteiger partial charge on any atom is -0.350 e. The monoisotopic (exact) mass is 475 g/mol. The lowest BCUT2D eigenvalue weighted by atomic mass is 10.1. The first kappa shape index (κ1) is 22.1. The van der Waals surface area contributed by atoms with Crippen LogP contribution in [0.25, 0.3) is 16.9 Å². The van der Waals surface area contributed by atoms with Crippen molar-refractivity contribution in [2.45, 2.75) is 19.9 Å². The molecule has 9 heteroatoms. The number of fused-ring (bicyclic) bond motifs is 1. The van der Waals surface area contributed by atoms with E-state index in [4.69, 9.17) is 0 Å². The van der Waals surface area contributed by atoms with Crippen LogP contribution >= 0.6 is 11.3 Å². The lowest BCUT2D eigenvalue weighted by Gasteiger charge is -2.35. The average Bonchev–Trinajstić information content (AvgIpc) is 3.52. The van der Waals surface area contributed by atoms with Gasteiger partial charge in [0.25, 0.3) is 17.4 Å². The number of pyridine rings is 1. The summed E-state index contributed by atoms with van der Waals surface area (Å²) in [6, 6.07) is 12.9. The Kier molecular flexibility index (Phi) is 5.79. The van der Waals surface area contributed by atoms with Gasteiger partial charge < -0.3 is 14.4 Å². The lowest BCUT2D eigenvalue weighted by Crippen LogP contribution is -2.50. The molecule has 2 aromatic rings. The van der Waals surface area contributed by atoms with Gasteiger partial charge in [-0.25, -0.2) is 0 Å². The summed E-state index contributed by atoms with van der Waals surface area (Å²) < 4.78 is 3.23. The molecule has 174 valence electrons. The highest BCUT2D eigenvalue weighted by Crippen LogP contribution is 2.26. The third kappa shape index (κ3) is 3.92. The van der Waals surface area contributed by atoms with Crippen molar-refractivity contribution in [3.8, 4) is 16.9 Å². The van der Waals surface area contributed by atoms with Gasteiger partial charge in [-0.15, -0.1) is 11.3 Å². The maximum Gasteiger partial charge on any atom is 0.282 e. The number of rotatable bonds is 4. The highest BCUT2D eigenvalue weighted by Gasteiger charge is 2.30. The molecule has 0 unspecified atom stereocenters. The molecule has 1 aromatic carbocycles. The van der Waals surface area contributed by atoms with Crippen molar-refractivity contribution in [1.82, 2.24) is 24.1 Å². The van der Waals surface area contributed by atoms with E-state index >= 15 is 0 Å². The van der Waals surface area contributed by atoms with Crippen LogP contribution in [0.5, 0.6) is 0 Å². The minimum atomic E-state index is -0.253. The van der Waals surface area contributed by atoms with Crippen LogP contribution in [-0.4, -0.2) is 62.1 Å². The van der Waals surface area contributed by atoms with Gasteiger partial charge in [0.05, 0.1) is 21.7 Å². The predicted octanol–water partition coefficient (Wildman–Crippen LogP) is 3.38. The summed E-state index contributed by atoms with van der Waals surface area (Å²) in [5, 5.41) is 6.44. The summed E-state index contributed by atoms with van der Waals surface area (Å²) in [5.74, 6) is -0.180. The predicted molar refractivity (Wildman–Crippen MR) is 131 cm³/mol. The Morgan fingerprint density at radius 1 is 0.912 bits per heavy atom. The summed E-state index contributed by atoms with van der Waals surface area (Å²) in [4.78, 5) is 43.7. The Balaban J connectivity index is 1.46. The van der Waals surface area contributed by atoms with Crippen molar-refractivity contribution < 1.29 is 9.59 Å². The van der Waals surface area contributed by atoms with Gasteiger partial charge in [0.2, 0.25) is 0 Å².